The monoisotopic (exact) mass is 378 g/mol. The molecule has 8 nitrogen and oxygen atoms in total. The van der Waals surface area contributed by atoms with Crippen molar-refractivity contribution in [2.24, 2.45) is 5.92 Å². The predicted molar refractivity (Wildman–Crippen MR) is 93.8 cm³/mol. The minimum atomic E-state index is -4.02. The average molecular weight is 378 g/mol. The second-order valence-electron chi connectivity index (χ2n) is 5.57. The lowest BCUT2D eigenvalue weighted by atomic mass is 9.95. The number of non-ortho nitro benzene ring substituents is 1. The average Bonchev–Trinajstić information content (AvgIpc) is 2.65. The summed E-state index contributed by atoms with van der Waals surface area (Å²) in [6, 6.07) is 12.3. The van der Waals surface area contributed by atoms with Crippen LogP contribution in [0.25, 0.3) is 0 Å². The molecule has 0 saturated heterocycles. The molecule has 0 bridgehead atoms. The normalized spacial score (nSPS) is 13.6. The van der Waals surface area contributed by atoms with Crippen molar-refractivity contribution in [3.8, 4) is 0 Å². The highest BCUT2D eigenvalue weighted by molar-refractivity contribution is 7.89. The molecule has 2 aromatic rings. The Morgan fingerprint density at radius 3 is 2.19 bits per heavy atom. The zero-order chi connectivity index (χ0) is 19.3. The molecule has 2 atom stereocenters. The molecular formula is C17H18N2O6S. The number of nitrogens with zero attached hydrogens (tertiary/aromatic N) is 1. The Hall–Kier alpha value is -2.78. The van der Waals surface area contributed by atoms with Gasteiger partial charge in [0.2, 0.25) is 10.0 Å². The Morgan fingerprint density at radius 1 is 1.12 bits per heavy atom. The van der Waals surface area contributed by atoms with Gasteiger partial charge in [0.15, 0.2) is 0 Å². The van der Waals surface area contributed by atoms with Gasteiger partial charge < -0.3 is 4.74 Å². The first-order valence-electron chi connectivity index (χ1n) is 7.66. The summed E-state index contributed by atoms with van der Waals surface area (Å²) in [6.45, 7) is 1.56. The van der Waals surface area contributed by atoms with Crippen LogP contribution in [0, 0.1) is 16.0 Å². The van der Waals surface area contributed by atoms with E-state index in [0.717, 1.165) is 24.3 Å². The van der Waals surface area contributed by atoms with Gasteiger partial charge in [-0.25, -0.2) is 13.1 Å². The summed E-state index contributed by atoms with van der Waals surface area (Å²) >= 11 is 0. The van der Waals surface area contributed by atoms with E-state index in [1.54, 1.807) is 37.3 Å². The number of ether oxygens (including phenoxy) is 1. The highest BCUT2D eigenvalue weighted by Gasteiger charge is 2.31. The van der Waals surface area contributed by atoms with Crippen molar-refractivity contribution in [1.82, 2.24) is 4.72 Å². The quantitative estimate of drug-likeness (QED) is 0.449. The molecule has 2 unspecified atom stereocenters. The third-order valence-electron chi connectivity index (χ3n) is 3.87. The largest absolute Gasteiger partial charge is 0.469 e. The van der Waals surface area contributed by atoms with E-state index in [1.165, 1.54) is 7.11 Å². The zero-order valence-corrected chi connectivity index (χ0v) is 15.0. The lowest BCUT2D eigenvalue weighted by Crippen LogP contribution is -2.36. The smallest absolute Gasteiger partial charge is 0.310 e. The number of carbonyl (C=O) groups excluding carboxylic acids is 1. The maximum absolute atomic E-state index is 12.7. The van der Waals surface area contributed by atoms with E-state index in [4.69, 9.17) is 4.74 Å². The second-order valence-corrected chi connectivity index (χ2v) is 7.29. The Morgan fingerprint density at radius 2 is 1.69 bits per heavy atom. The van der Waals surface area contributed by atoms with Gasteiger partial charge in [0, 0.05) is 12.1 Å². The van der Waals surface area contributed by atoms with Crippen LogP contribution in [-0.2, 0) is 19.6 Å². The maximum atomic E-state index is 12.7. The van der Waals surface area contributed by atoms with Gasteiger partial charge in [-0.2, -0.15) is 0 Å². The summed E-state index contributed by atoms with van der Waals surface area (Å²) in [5, 5.41) is 10.7. The molecule has 0 amide bonds. The van der Waals surface area contributed by atoms with Gasteiger partial charge in [-0.05, 0) is 17.7 Å². The van der Waals surface area contributed by atoms with Crippen molar-refractivity contribution in [2.75, 3.05) is 7.11 Å². The Balaban J connectivity index is 2.37. The van der Waals surface area contributed by atoms with E-state index < -0.39 is 32.9 Å². The molecule has 26 heavy (non-hydrogen) atoms. The summed E-state index contributed by atoms with van der Waals surface area (Å²) < 4.78 is 32.6. The second kappa shape index (κ2) is 8.07. The zero-order valence-electron chi connectivity index (χ0n) is 14.2. The van der Waals surface area contributed by atoms with Crippen LogP contribution in [0.3, 0.4) is 0 Å². The molecule has 0 heterocycles. The van der Waals surface area contributed by atoms with Crippen LogP contribution in [-0.4, -0.2) is 26.4 Å². The lowest BCUT2D eigenvalue weighted by molar-refractivity contribution is -0.384. The molecule has 0 fully saturated rings. The van der Waals surface area contributed by atoms with Gasteiger partial charge in [0.1, 0.15) is 0 Å². The summed E-state index contributed by atoms with van der Waals surface area (Å²) in [4.78, 5) is 21.9. The maximum Gasteiger partial charge on any atom is 0.310 e. The molecule has 0 saturated carbocycles. The number of esters is 1. The Labute approximate surface area is 151 Å². The third kappa shape index (κ3) is 4.44. The highest BCUT2D eigenvalue weighted by Crippen LogP contribution is 2.26. The van der Waals surface area contributed by atoms with E-state index in [-0.39, 0.29) is 10.6 Å². The van der Waals surface area contributed by atoms with Gasteiger partial charge >= 0.3 is 5.97 Å². The number of hydrogen-bond donors (Lipinski definition) is 1. The molecule has 2 rings (SSSR count). The molecule has 0 spiro atoms. The van der Waals surface area contributed by atoms with Crippen molar-refractivity contribution < 1.29 is 22.9 Å². The standard InChI is InChI=1S/C17H18N2O6S/c1-12(17(20)25-2)16(13-6-4-3-5-7-13)18-26(23,24)15-10-8-14(9-11-15)19(21)22/h3-12,16,18H,1-2H3. The number of nitro groups is 1. The fourth-order valence-corrected chi connectivity index (χ4v) is 3.73. The van der Waals surface area contributed by atoms with Gasteiger partial charge in [-0.3, -0.25) is 14.9 Å². The minimum Gasteiger partial charge on any atom is -0.469 e. The highest BCUT2D eigenvalue weighted by atomic mass is 32.2. The molecule has 0 aliphatic heterocycles. The Bertz CT molecular complexity index is 881. The molecule has 1 N–H and O–H groups in total. The molecule has 0 aromatic heterocycles. The minimum absolute atomic E-state index is 0.138. The summed E-state index contributed by atoms with van der Waals surface area (Å²) in [6.07, 6.45) is 0. The van der Waals surface area contributed by atoms with E-state index in [0.29, 0.717) is 5.56 Å². The number of rotatable bonds is 7. The summed E-state index contributed by atoms with van der Waals surface area (Å²) in [7, 11) is -2.79. The van der Waals surface area contributed by atoms with Crippen molar-refractivity contribution in [1.29, 1.82) is 0 Å². The van der Waals surface area contributed by atoms with Crippen LogP contribution in [0.1, 0.15) is 18.5 Å². The van der Waals surface area contributed by atoms with E-state index in [2.05, 4.69) is 4.72 Å². The van der Waals surface area contributed by atoms with Gasteiger partial charge in [-0.1, -0.05) is 37.3 Å². The summed E-state index contributed by atoms with van der Waals surface area (Å²) in [5.74, 6) is -1.35. The Kier molecular flexibility index (Phi) is 6.06. The first-order chi connectivity index (χ1) is 12.3. The fraction of sp³-hybridized carbons (Fsp3) is 0.235. The van der Waals surface area contributed by atoms with E-state index in [1.807, 2.05) is 0 Å². The van der Waals surface area contributed by atoms with Crippen LogP contribution < -0.4 is 4.72 Å². The molecule has 0 aliphatic rings. The SMILES string of the molecule is COC(=O)C(C)C(NS(=O)(=O)c1ccc([N+](=O)[O-])cc1)c1ccccc1. The van der Waals surface area contributed by atoms with Crippen molar-refractivity contribution in [2.45, 2.75) is 17.9 Å². The number of nitro benzene ring substituents is 1. The van der Waals surface area contributed by atoms with Crippen molar-refractivity contribution in [3.63, 3.8) is 0 Å². The van der Waals surface area contributed by atoms with Crippen LogP contribution in [0.15, 0.2) is 59.5 Å². The fourth-order valence-electron chi connectivity index (χ4n) is 2.42. The van der Waals surface area contributed by atoms with Crippen LogP contribution in [0.4, 0.5) is 5.69 Å². The van der Waals surface area contributed by atoms with Gasteiger partial charge in [-0.15, -0.1) is 0 Å². The topological polar surface area (TPSA) is 116 Å². The number of benzene rings is 2. The summed E-state index contributed by atoms with van der Waals surface area (Å²) in [5.41, 5.74) is 0.377. The van der Waals surface area contributed by atoms with Crippen molar-refractivity contribution in [3.05, 3.63) is 70.3 Å². The van der Waals surface area contributed by atoms with Crippen LogP contribution >= 0.6 is 0 Å². The predicted octanol–water partition coefficient (Wildman–Crippen LogP) is 2.42. The first kappa shape index (κ1) is 19.5. The molecule has 2 aromatic carbocycles. The van der Waals surface area contributed by atoms with Gasteiger partial charge in [0.05, 0.1) is 28.9 Å². The molecule has 0 aliphatic carbocycles. The third-order valence-corrected chi connectivity index (χ3v) is 5.33. The lowest BCUT2D eigenvalue weighted by Gasteiger charge is -2.23. The number of nitrogens with one attached hydrogen (secondary N) is 1. The van der Waals surface area contributed by atoms with E-state index in [9.17, 15) is 23.3 Å². The number of carbonyl (C=O) groups is 1. The van der Waals surface area contributed by atoms with E-state index >= 15 is 0 Å². The van der Waals surface area contributed by atoms with Crippen LogP contribution in [0.5, 0.6) is 0 Å². The van der Waals surface area contributed by atoms with Crippen molar-refractivity contribution >= 4 is 21.7 Å². The molecular weight excluding hydrogens is 360 g/mol. The molecule has 138 valence electrons. The molecule has 9 heteroatoms. The first-order valence-corrected chi connectivity index (χ1v) is 9.14. The van der Waals surface area contributed by atoms with Gasteiger partial charge in [0.25, 0.3) is 5.69 Å². The number of hydrogen-bond acceptors (Lipinski definition) is 6. The number of methoxy groups -OCH3 is 1. The van der Waals surface area contributed by atoms with Crippen LogP contribution in [0.2, 0.25) is 0 Å². The molecule has 0 radical (unpaired) electrons. The number of sulfonamides is 1.